The summed E-state index contributed by atoms with van der Waals surface area (Å²) in [6, 6.07) is 9.28. The van der Waals surface area contributed by atoms with Crippen molar-refractivity contribution in [1.82, 2.24) is 0 Å². The maximum atomic E-state index is 12.2. The number of aryl methyl sites for hydroxylation is 1. The fourth-order valence-electron chi connectivity index (χ4n) is 2.78. The number of anilines is 1. The number of ketones is 1. The van der Waals surface area contributed by atoms with E-state index < -0.39 is 30.2 Å². The molecule has 1 fully saturated rings. The minimum absolute atomic E-state index is 0.0217. The Morgan fingerprint density at radius 2 is 2.04 bits per heavy atom. The van der Waals surface area contributed by atoms with Crippen molar-refractivity contribution in [3.8, 4) is 6.07 Å². The van der Waals surface area contributed by atoms with Crippen LogP contribution >= 0.6 is 0 Å². The van der Waals surface area contributed by atoms with E-state index in [9.17, 15) is 14.4 Å². The predicted octanol–water partition coefficient (Wildman–Crippen LogP) is 1.89. The highest BCUT2D eigenvalue weighted by Gasteiger charge is 2.36. The summed E-state index contributed by atoms with van der Waals surface area (Å²) in [6.07, 6.45) is 0.921. The van der Waals surface area contributed by atoms with Crippen LogP contribution in [0.2, 0.25) is 0 Å². The zero-order chi connectivity index (χ0) is 19.3. The zero-order valence-corrected chi connectivity index (χ0v) is 14.8. The highest BCUT2D eigenvalue weighted by molar-refractivity contribution is 6.06. The normalized spacial score (nSPS) is 17.5. The first-order valence-corrected chi connectivity index (χ1v) is 8.40. The van der Waals surface area contributed by atoms with Gasteiger partial charge in [0.05, 0.1) is 12.0 Å². The van der Waals surface area contributed by atoms with E-state index in [0.717, 1.165) is 17.7 Å². The minimum atomic E-state index is -1.21. The van der Waals surface area contributed by atoms with Gasteiger partial charge in [-0.05, 0) is 31.0 Å². The molecule has 0 saturated carbocycles. The molecule has 1 heterocycles. The lowest BCUT2D eigenvalue weighted by atomic mass is 10.0. The van der Waals surface area contributed by atoms with Crippen molar-refractivity contribution in [2.45, 2.75) is 26.7 Å². The van der Waals surface area contributed by atoms with Gasteiger partial charge in [-0.3, -0.25) is 14.4 Å². The van der Waals surface area contributed by atoms with Crippen LogP contribution in [0.3, 0.4) is 0 Å². The molecule has 1 saturated heterocycles. The van der Waals surface area contributed by atoms with Crippen LogP contribution in [0.4, 0.5) is 5.69 Å². The molecular weight excluding hydrogens is 334 g/mol. The summed E-state index contributed by atoms with van der Waals surface area (Å²) in [5.74, 6) is -3.31. The first-order valence-electron chi connectivity index (χ1n) is 8.40. The van der Waals surface area contributed by atoms with Gasteiger partial charge >= 0.3 is 5.97 Å². The molecule has 1 amide bonds. The van der Waals surface area contributed by atoms with Crippen LogP contribution in [0, 0.1) is 28.6 Å². The van der Waals surface area contributed by atoms with Crippen LogP contribution in [0.5, 0.6) is 0 Å². The molecule has 2 rings (SSSR count). The molecule has 26 heavy (non-hydrogen) atoms. The van der Waals surface area contributed by atoms with Crippen molar-refractivity contribution in [1.29, 1.82) is 10.7 Å². The van der Waals surface area contributed by atoms with Crippen molar-refractivity contribution >= 4 is 29.1 Å². The van der Waals surface area contributed by atoms with Crippen LogP contribution in [0.25, 0.3) is 0 Å². The Morgan fingerprint density at radius 3 is 2.58 bits per heavy atom. The average molecular weight is 355 g/mol. The second-order valence-electron chi connectivity index (χ2n) is 6.24. The molecule has 0 aromatic heterocycles. The fourth-order valence-corrected chi connectivity index (χ4v) is 2.78. The summed E-state index contributed by atoms with van der Waals surface area (Å²) in [5.41, 5.74) is 1.79. The minimum Gasteiger partial charge on any atom is -0.457 e. The largest absolute Gasteiger partial charge is 0.457 e. The van der Waals surface area contributed by atoms with Gasteiger partial charge in [0.15, 0.2) is 12.4 Å². The number of hydrogen-bond donors (Lipinski definition) is 1. The highest BCUT2D eigenvalue weighted by atomic mass is 16.5. The summed E-state index contributed by atoms with van der Waals surface area (Å²) in [7, 11) is 0. The van der Waals surface area contributed by atoms with E-state index in [2.05, 4.69) is 0 Å². The van der Waals surface area contributed by atoms with Gasteiger partial charge in [-0.1, -0.05) is 19.1 Å². The number of nitrogens with one attached hydrogen (secondary N) is 1. The Morgan fingerprint density at radius 1 is 1.38 bits per heavy atom. The average Bonchev–Trinajstić information content (AvgIpc) is 3.02. The molecule has 1 N–H and O–H groups in total. The van der Waals surface area contributed by atoms with E-state index in [1.54, 1.807) is 6.07 Å². The van der Waals surface area contributed by atoms with Gasteiger partial charge in [-0.2, -0.15) is 5.26 Å². The first-order chi connectivity index (χ1) is 12.4. The maximum Gasteiger partial charge on any atom is 0.311 e. The number of nitriles is 1. The predicted molar refractivity (Wildman–Crippen MR) is 94.7 cm³/mol. The second-order valence-corrected chi connectivity index (χ2v) is 6.24. The van der Waals surface area contributed by atoms with Crippen molar-refractivity contribution in [3.05, 3.63) is 29.8 Å². The van der Waals surface area contributed by atoms with E-state index in [1.165, 1.54) is 11.8 Å². The van der Waals surface area contributed by atoms with Crippen LogP contribution in [0.1, 0.15) is 25.8 Å². The molecule has 136 valence electrons. The molecule has 2 atom stereocenters. The Hall–Kier alpha value is -3.01. The van der Waals surface area contributed by atoms with Gasteiger partial charge in [-0.25, -0.2) is 0 Å². The molecule has 1 aliphatic heterocycles. The number of carbonyl (C=O) groups excluding carboxylic acids is 3. The van der Waals surface area contributed by atoms with Gasteiger partial charge in [-0.15, -0.1) is 0 Å². The number of carbonyl (C=O) groups is 3. The lowest BCUT2D eigenvalue weighted by Gasteiger charge is -2.17. The Labute approximate surface area is 152 Å². The van der Waals surface area contributed by atoms with Crippen molar-refractivity contribution in [2.24, 2.45) is 11.8 Å². The monoisotopic (exact) mass is 355 g/mol. The highest BCUT2D eigenvalue weighted by Crippen LogP contribution is 2.26. The molecule has 0 spiro atoms. The first kappa shape index (κ1) is 19.3. The van der Waals surface area contributed by atoms with Crippen LogP contribution in [-0.2, 0) is 25.5 Å². The molecule has 7 heteroatoms. The molecule has 0 bridgehead atoms. The molecule has 7 nitrogen and oxygen atoms in total. The topological polar surface area (TPSA) is 111 Å². The summed E-state index contributed by atoms with van der Waals surface area (Å²) < 4.78 is 4.97. The standard InChI is InChI=1S/C19H21N3O4/c1-3-13-4-6-15(7-5-13)22-10-14(8-18(22)24)19(25)26-11-17(23)16(9-20)12(2)21/h4-7,14,16,21H,3,8,10-11H2,1-2H3/t14-,16+/m1/s1. The third kappa shape index (κ3) is 4.33. The molecule has 1 aromatic rings. The molecule has 0 radical (unpaired) electrons. The number of hydrogen-bond acceptors (Lipinski definition) is 6. The number of ether oxygens (including phenoxy) is 1. The van der Waals surface area contributed by atoms with E-state index in [0.29, 0.717) is 0 Å². The zero-order valence-electron chi connectivity index (χ0n) is 14.8. The van der Waals surface area contributed by atoms with Gasteiger partial charge in [0.1, 0.15) is 5.92 Å². The molecule has 0 unspecified atom stereocenters. The van der Waals surface area contributed by atoms with E-state index in [-0.39, 0.29) is 24.6 Å². The smallest absolute Gasteiger partial charge is 0.311 e. The third-order valence-electron chi connectivity index (χ3n) is 4.36. The van der Waals surface area contributed by atoms with Crippen LogP contribution in [-0.4, -0.2) is 36.5 Å². The number of esters is 1. The lowest BCUT2D eigenvalue weighted by molar-refractivity contribution is -0.152. The Bertz CT molecular complexity index is 764. The SMILES string of the molecule is CCc1ccc(N2C[C@H](C(=O)OCC(=O)[C@@H](C#N)C(C)=N)CC2=O)cc1. The van der Waals surface area contributed by atoms with Gasteiger partial charge in [0.25, 0.3) is 0 Å². The molecule has 1 aliphatic rings. The molecular formula is C19H21N3O4. The number of nitrogens with zero attached hydrogens (tertiary/aromatic N) is 2. The van der Waals surface area contributed by atoms with Gasteiger partial charge in [0.2, 0.25) is 5.91 Å². The van der Waals surface area contributed by atoms with E-state index in [1.807, 2.05) is 31.2 Å². The van der Waals surface area contributed by atoms with Gasteiger partial charge in [0, 0.05) is 24.4 Å². The Kier molecular flexibility index (Phi) is 6.23. The van der Waals surface area contributed by atoms with Crippen molar-refractivity contribution in [3.63, 3.8) is 0 Å². The van der Waals surface area contributed by atoms with E-state index >= 15 is 0 Å². The molecule has 0 aliphatic carbocycles. The van der Waals surface area contributed by atoms with Gasteiger partial charge < -0.3 is 15.0 Å². The second kappa shape index (κ2) is 8.39. The van der Waals surface area contributed by atoms with E-state index in [4.69, 9.17) is 15.4 Å². The fraction of sp³-hybridized carbons (Fsp3) is 0.421. The third-order valence-corrected chi connectivity index (χ3v) is 4.36. The number of benzene rings is 1. The quantitative estimate of drug-likeness (QED) is 0.593. The summed E-state index contributed by atoms with van der Waals surface area (Å²) in [4.78, 5) is 37.7. The summed E-state index contributed by atoms with van der Waals surface area (Å²) in [6.45, 7) is 3.02. The summed E-state index contributed by atoms with van der Waals surface area (Å²) >= 11 is 0. The van der Waals surface area contributed by atoms with Crippen LogP contribution < -0.4 is 4.90 Å². The number of rotatable bonds is 7. The maximum absolute atomic E-state index is 12.2. The van der Waals surface area contributed by atoms with Crippen LogP contribution in [0.15, 0.2) is 24.3 Å². The number of Topliss-reactive ketones (excluding diaryl/α,β-unsaturated/α-hetero) is 1. The van der Waals surface area contributed by atoms with Crippen molar-refractivity contribution < 1.29 is 19.1 Å². The lowest BCUT2D eigenvalue weighted by Crippen LogP contribution is -2.29. The summed E-state index contributed by atoms with van der Waals surface area (Å²) in [5, 5.41) is 16.2. The number of amides is 1. The molecule has 1 aromatic carbocycles. The Balaban J connectivity index is 1.95. The van der Waals surface area contributed by atoms with Crippen molar-refractivity contribution in [2.75, 3.05) is 18.1 Å².